The van der Waals surface area contributed by atoms with Crippen molar-refractivity contribution in [1.82, 2.24) is 0 Å². The summed E-state index contributed by atoms with van der Waals surface area (Å²) < 4.78 is 19.3. The van der Waals surface area contributed by atoms with E-state index in [1.807, 2.05) is 18.2 Å². The summed E-state index contributed by atoms with van der Waals surface area (Å²) in [5.41, 5.74) is 4.01. The number of hydrogen-bond acceptors (Lipinski definition) is 1. The fraction of sp³-hybridized carbons (Fsp3) is 0.333. The second-order valence-electron chi connectivity index (χ2n) is 6.28. The molecule has 1 aliphatic rings. The predicted molar refractivity (Wildman–Crippen MR) is 86.8 cm³/mol. The summed E-state index contributed by atoms with van der Waals surface area (Å²) in [5.74, 6) is 0.807. The molecule has 1 aliphatic heterocycles. The van der Waals surface area contributed by atoms with E-state index in [0.717, 1.165) is 17.7 Å². The number of rotatable bonds is 2. The van der Waals surface area contributed by atoms with Crippen LogP contribution < -0.4 is 4.74 Å². The summed E-state index contributed by atoms with van der Waals surface area (Å²) in [6, 6.07) is 11.5. The molecule has 0 bridgehead atoms. The van der Waals surface area contributed by atoms with Crippen LogP contribution in [-0.4, -0.2) is 5.60 Å². The Kier molecular flexibility index (Phi) is 3.56. The van der Waals surface area contributed by atoms with E-state index in [9.17, 15) is 4.39 Å². The van der Waals surface area contributed by atoms with E-state index in [1.54, 1.807) is 6.92 Å². The first-order valence-electron chi connectivity index (χ1n) is 7.08. The van der Waals surface area contributed by atoms with Crippen LogP contribution in [-0.2, 0) is 6.42 Å². The van der Waals surface area contributed by atoms with E-state index in [4.69, 9.17) is 4.74 Å². The molecule has 2 aromatic rings. The molecule has 1 unspecified atom stereocenters. The van der Waals surface area contributed by atoms with E-state index in [2.05, 4.69) is 41.9 Å². The standard InChI is InChI=1S/C18H18BrFO/c1-11-8-12(4-6-15(11)20)17(19)13-5-7-16-14(9-13)10-18(2,3)21-16/h4-9,17H,10H2,1-3H3. The molecule has 0 N–H and O–H groups in total. The molecule has 110 valence electrons. The number of benzene rings is 2. The molecule has 21 heavy (non-hydrogen) atoms. The van der Waals surface area contributed by atoms with Gasteiger partial charge in [-0.3, -0.25) is 0 Å². The predicted octanol–water partition coefficient (Wildman–Crippen LogP) is 5.33. The molecule has 1 heterocycles. The van der Waals surface area contributed by atoms with Crippen molar-refractivity contribution in [1.29, 1.82) is 0 Å². The van der Waals surface area contributed by atoms with Gasteiger partial charge in [0, 0.05) is 6.42 Å². The van der Waals surface area contributed by atoms with Crippen molar-refractivity contribution < 1.29 is 9.13 Å². The van der Waals surface area contributed by atoms with Gasteiger partial charge in [-0.1, -0.05) is 40.2 Å². The van der Waals surface area contributed by atoms with Crippen molar-refractivity contribution in [3.8, 4) is 5.75 Å². The van der Waals surface area contributed by atoms with Crippen molar-refractivity contribution in [3.63, 3.8) is 0 Å². The van der Waals surface area contributed by atoms with Gasteiger partial charge < -0.3 is 4.74 Å². The third-order valence-corrected chi connectivity index (χ3v) is 4.91. The molecule has 0 fully saturated rings. The van der Waals surface area contributed by atoms with Crippen LogP contribution in [0.15, 0.2) is 36.4 Å². The van der Waals surface area contributed by atoms with Crippen molar-refractivity contribution in [2.45, 2.75) is 37.6 Å². The number of fused-ring (bicyclic) bond motifs is 1. The number of ether oxygens (including phenoxy) is 1. The zero-order valence-corrected chi connectivity index (χ0v) is 14.0. The molecule has 2 aromatic carbocycles. The quantitative estimate of drug-likeness (QED) is 0.666. The van der Waals surface area contributed by atoms with Gasteiger partial charge in [0.2, 0.25) is 0 Å². The van der Waals surface area contributed by atoms with Gasteiger partial charge >= 0.3 is 0 Å². The Labute approximate surface area is 133 Å². The Morgan fingerprint density at radius 1 is 1.14 bits per heavy atom. The van der Waals surface area contributed by atoms with E-state index in [0.29, 0.717) is 5.56 Å². The number of hydrogen-bond donors (Lipinski definition) is 0. The number of aryl methyl sites for hydroxylation is 1. The molecule has 1 nitrogen and oxygen atoms in total. The summed E-state index contributed by atoms with van der Waals surface area (Å²) in [4.78, 5) is 0.0609. The third kappa shape index (κ3) is 2.84. The minimum atomic E-state index is -0.164. The summed E-state index contributed by atoms with van der Waals surface area (Å²) in [6.07, 6.45) is 0.915. The van der Waals surface area contributed by atoms with Crippen LogP contribution in [0.25, 0.3) is 0 Å². The minimum absolute atomic E-state index is 0.0609. The van der Waals surface area contributed by atoms with Crippen LogP contribution >= 0.6 is 15.9 Å². The molecule has 0 aliphatic carbocycles. The molecule has 0 saturated carbocycles. The maximum absolute atomic E-state index is 13.4. The fourth-order valence-electron chi connectivity index (χ4n) is 2.81. The molecule has 1 atom stereocenters. The van der Waals surface area contributed by atoms with Gasteiger partial charge in [0.1, 0.15) is 17.2 Å². The molecule has 3 rings (SSSR count). The van der Waals surface area contributed by atoms with Crippen molar-refractivity contribution >= 4 is 15.9 Å². The highest BCUT2D eigenvalue weighted by molar-refractivity contribution is 9.09. The van der Waals surface area contributed by atoms with E-state index in [1.165, 1.54) is 17.2 Å². The fourth-order valence-corrected chi connectivity index (χ4v) is 3.37. The molecule has 0 aromatic heterocycles. The summed E-state index contributed by atoms with van der Waals surface area (Å²) in [6.45, 7) is 5.99. The zero-order valence-electron chi connectivity index (χ0n) is 12.4. The minimum Gasteiger partial charge on any atom is -0.487 e. The van der Waals surface area contributed by atoms with Gasteiger partial charge in [0.05, 0.1) is 4.83 Å². The van der Waals surface area contributed by atoms with E-state index < -0.39 is 0 Å². The Balaban J connectivity index is 1.93. The lowest BCUT2D eigenvalue weighted by molar-refractivity contribution is 0.138. The maximum Gasteiger partial charge on any atom is 0.126 e. The largest absolute Gasteiger partial charge is 0.487 e. The second-order valence-corrected chi connectivity index (χ2v) is 7.19. The Morgan fingerprint density at radius 2 is 1.81 bits per heavy atom. The Hall–Kier alpha value is -1.35. The first-order valence-corrected chi connectivity index (χ1v) is 7.99. The van der Waals surface area contributed by atoms with Crippen molar-refractivity contribution in [3.05, 3.63) is 64.5 Å². The molecule has 0 saturated heterocycles. The normalized spacial score (nSPS) is 17.2. The lowest BCUT2D eigenvalue weighted by Gasteiger charge is -2.16. The molecule has 0 spiro atoms. The smallest absolute Gasteiger partial charge is 0.126 e. The number of halogens is 2. The molecule has 0 amide bonds. The highest BCUT2D eigenvalue weighted by atomic mass is 79.9. The van der Waals surface area contributed by atoms with Crippen LogP contribution in [0, 0.1) is 12.7 Å². The molecular formula is C18H18BrFO. The first-order chi connectivity index (χ1) is 9.85. The van der Waals surface area contributed by atoms with Gasteiger partial charge in [-0.25, -0.2) is 4.39 Å². The van der Waals surface area contributed by atoms with Crippen LogP contribution in [0.1, 0.15) is 40.9 Å². The average molecular weight is 349 g/mol. The van der Waals surface area contributed by atoms with Crippen molar-refractivity contribution in [2.75, 3.05) is 0 Å². The molecular weight excluding hydrogens is 331 g/mol. The molecule has 0 radical (unpaired) electrons. The van der Waals surface area contributed by atoms with E-state index >= 15 is 0 Å². The van der Waals surface area contributed by atoms with E-state index in [-0.39, 0.29) is 16.2 Å². The average Bonchev–Trinajstić information content (AvgIpc) is 2.73. The third-order valence-electron chi connectivity index (χ3n) is 3.85. The Bertz CT molecular complexity index is 694. The van der Waals surface area contributed by atoms with Gasteiger partial charge in [-0.15, -0.1) is 0 Å². The Morgan fingerprint density at radius 3 is 2.52 bits per heavy atom. The lowest BCUT2D eigenvalue weighted by Crippen LogP contribution is -2.24. The van der Waals surface area contributed by atoms with Crippen LogP contribution in [0.4, 0.5) is 4.39 Å². The SMILES string of the molecule is Cc1cc(C(Br)c2ccc3c(c2)CC(C)(C)O3)ccc1F. The van der Waals surface area contributed by atoms with Gasteiger partial charge in [0.25, 0.3) is 0 Å². The van der Waals surface area contributed by atoms with Crippen LogP contribution in [0.2, 0.25) is 0 Å². The topological polar surface area (TPSA) is 9.23 Å². The number of alkyl halides is 1. The second kappa shape index (κ2) is 5.13. The molecule has 3 heteroatoms. The summed E-state index contributed by atoms with van der Waals surface area (Å²) >= 11 is 3.73. The highest BCUT2D eigenvalue weighted by Crippen LogP contribution is 2.39. The van der Waals surface area contributed by atoms with Gasteiger partial charge in [0.15, 0.2) is 0 Å². The van der Waals surface area contributed by atoms with Gasteiger partial charge in [-0.05, 0) is 55.2 Å². The first kappa shape index (κ1) is 14.6. The summed E-state index contributed by atoms with van der Waals surface area (Å²) in [5, 5.41) is 0. The van der Waals surface area contributed by atoms with Gasteiger partial charge in [-0.2, -0.15) is 0 Å². The maximum atomic E-state index is 13.4. The van der Waals surface area contributed by atoms with Crippen LogP contribution in [0.3, 0.4) is 0 Å². The monoisotopic (exact) mass is 348 g/mol. The zero-order chi connectivity index (χ0) is 15.2. The lowest BCUT2D eigenvalue weighted by atomic mass is 9.97. The highest BCUT2D eigenvalue weighted by Gasteiger charge is 2.30. The summed E-state index contributed by atoms with van der Waals surface area (Å²) in [7, 11) is 0. The van der Waals surface area contributed by atoms with Crippen LogP contribution in [0.5, 0.6) is 5.75 Å². The van der Waals surface area contributed by atoms with Crippen molar-refractivity contribution in [2.24, 2.45) is 0 Å².